The number of hydrogen-bond acceptors (Lipinski definition) is 1. The van der Waals surface area contributed by atoms with E-state index in [1.54, 1.807) is 0 Å². The fraction of sp³-hybridized carbons (Fsp3) is 0.921. The first-order chi connectivity index (χ1) is 19.7. The average molecular weight is 559 g/mol. The molecule has 0 amide bonds. The first kappa shape index (κ1) is 37.2. The summed E-state index contributed by atoms with van der Waals surface area (Å²) in [6, 6.07) is 0.582. The molecule has 0 N–H and O–H groups in total. The van der Waals surface area contributed by atoms with Crippen LogP contribution in [0.5, 0.6) is 0 Å². The summed E-state index contributed by atoms with van der Waals surface area (Å²) in [4.78, 5) is 4.94. The first-order valence-corrected chi connectivity index (χ1v) is 18.8. The zero-order valence-electron chi connectivity index (χ0n) is 28.2. The second kappa shape index (κ2) is 28.3. The Kier molecular flexibility index (Phi) is 26.4. The van der Waals surface area contributed by atoms with Crippen molar-refractivity contribution in [1.29, 1.82) is 0 Å². The molecule has 236 valence electrons. The molecule has 2 atom stereocenters. The van der Waals surface area contributed by atoms with Gasteiger partial charge in [0.15, 0.2) is 0 Å². The summed E-state index contributed by atoms with van der Waals surface area (Å²) >= 11 is 0. The normalized spacial score (nSPS) is 13.2. The van der Waals surface area contributed by atoms with E-state index in [0.717, 1.165) is 0 Å². The minimum Gasteiger partial charge on any atom is -0.332 e. The van der Waals surface area contributed by atoms with Crippen LogP contribution in [0.4, 0.5) is 0 Å². The highest BCUT2D eigenvalue weighted by Crippen LogP contribution is 2.30. The number of unbranched alkanes of at least 4 members (excludes halogenated alkanes) is 23. The molecule has 0 bridgehead atoms. The van der Waals surface area contributed by atoms with Crippen molar-refractivity contribution in [3.63, 3.8) is 0 Å². The summed E-state index contributed by atoms with van der Waals surface area (Å²) < 4.78 is 2.52. The van der Waals surface area contributed by atoms with E-state index in [-0.39, 0.29) is 0 Å². The van der Waals surface area contributed by atoms with Crippen molar-refractivity contribution in [2.45, 2.75) is 226 Å². The van der Waals surface area contributed by atoms with Crippen molar-refractivity contribution in [3.8, 4) is 0 Å². The minimum absolute atomic E-state index is 0.582. The second-order valence-corrected chi connectivity index (χ2v) is 13.2. The summed E-state index contributed by atoms with van der Waals surface area (Å²) in [7, 11) is 0. The van der Waals surface area contributed by atoms with Crippen molar-refractivity contribution in [1.82, 2.24) is 9.55 Å². The van der Waals surface area contributed by atoms with Crippen molar-refractivity contribution >= 4 is 0 Å². The van der Waals surface area contributed by atoms with Gasteiger partial charge in [-0.2, -0.15) is 0 Å². The average Bonchev–Trinajstić information content (AvgIpc) is 3.45. The van der Waals surface area contributed by atoms with Crippen molar-refractivity contribution < 1.29 is 0 Å². The third kappa shape index (κ3) is 20.1. The lowest BCUT2D eigenvalue weighted by molar-refractivity contribution is 0.421. The fourth-order valence-electron chi connectivity index (χ4n) is 6.61. The van der Waals surface area contributed by atoms with Gasteiger partial charge in [0.1, 0.15) is 5.82 Å². The third-order valence-electron chi connectivity index (χ3n) is 9.31. The quantitative estimate of drug-likeness (QED) is 0.0828. The predicted molar refractivity (Wildman–Crippen MR) is 181 cm³/mol. The lowest BCUT2D eigenvalue weighted by Gasteiger charge is -2.22. The Labute approximate surface area is 253 Å². The van der Waals surface area contributed by atoms with Gasteiger partial charge >= 0.3 is 0 Å². The maximum Gasteiger partial charge on any atom is 0.111 e. The van der Waals surface area contributed by atoms with E-state index < -0.39 is 0 Å². The van der Waals surface area contributed by atoms with E-state index in [4.69, 9.17) is 4.98 Å². The Bertz CT molecular complexity index is 621. The monoisotopic (exact) mass is 559 g/mol. The van der Waals surface area contributed by atoms with Gasteiger partial charge in [-0.3, -0.25) is 0 Å². The lowest BCUT2D eigenvalue weighted by Crippen LogP contribution is -2.13. The van der Waals surface area contributed by atoms with Crippen LogP contribution < -0.4 is 0 Å². The maximum atomic E-state index is 4.94. The van der Waals surface area contributed by atoms with E-state index >= 15 is 0 Å². The van der Waals surface area contributed by atoms with E-state index in [1.165, 1.54) is 192 Å². The van der Waals surface area contributed by atoms with Crippen LogP contribution in [-0.4, -0.2) is 9.55 Å². The van der Waals surface area contributed by atoms with E-state index in [9.17, 15) is 0 Å². The smallest absolute Gasteiger partial charge is 0.111 e. The molecule has 0 aliphatic heterocycles. The molecule has 0 saturated carbocycles. The van der Waals surface area contributed by atoms with Gasteiger partial charge in [0.25, 0.3) is 0 Å². The van der Waals surface area contributed by atoms with Crippen molar-refractivity contribution in [3.05, 3.63) is 18.2 Å². The molecule has 1 aromatic rings. The van der Waals surface area contributed by atoms with Crippen LogP contribution in [0.2, 0.25) is 0 Å². The van der Waals surface area contributed by atoms with Gasteiger partial charge in [-0.1, -0.05) is 188 Å². The standard InChI is InChI=1S/C38H74N2/c1-5-8-10-12-14-16-18-19-20-22-24-26-28-30-33-37(38-39-34-35-40(38)36(4)31-7-3)32-29-27-25-23-21-17-15-13-11-9-6-2/h34-37H,5-33H2,1-4H3. The SMILES string of the molecule is CCCCCCCCCCCCCCCCC(CCCCCCCCCCCCC)c1nccn1C(C)CCC. The molecule has 0 radical (unpaired) electrons. The van der Waals surface area contributed by atoms with Gasteiger partial charge in [0, 0.05) is 24.4 Å². The molecule has 2 heteroatoms. The number of nitrogens with zero attached hydrogens (tertiary/aromatic N) is 2. The van der Waals surface area contributed by atoms with Gasteiger partial charge < -0.3 is 4.57 Å². The fourth-order valence-corrected chi connectivity index (χ4v) is 6.61. The lowest BCUT2D eigenvalue weighted by atomic mass is 9.92. The van der Waals surface area contributed by atoms with Gasteiger partial charge in [0.05, 0.1) is 0 Å². The number of aromatic nitrogens is 2. The molecular weight excluding hydrogens is 484 g/mol. The van der Waals surface area contributed by atoms with Crippen molar-refractivity contribution in [2.75, 3.05) is 0 Å². The van der Waals surface area contributed by atoms with Crippen molar-refractivity contribution in [2.24, 2.45) is 0 Å². The molecule has 40 heavy (non-hydrogen) atoms. The summed E-state index contributed by atoms with van der Waals surface area (Å²) in [5.41, 5.74) is 0. The second-order valence-electron chi connectivity index (χ2n) is 13.2. The molecule has 1 rings (SSSR count). The maximum absolute atomic E-state index is 4.94. The topological polar surface area (TPSA) is 17.8 Å². The molecule has 0 aromatic carbocycles. The summed E-state index contributed by atoms with van der Waals surface area (Å²) in [6.45, 7) is 9.32. The van der Waals surface area contributed by atoms with E-state index in [2.05, 4.69) is 44.7 Å². The number of hydrogen-bond donors (Lipinski definition) is 0. The molecule has 0 fully saturated rings. The van der Waals surface area contributed by atoms with Crippen LogP contribution in [0.15, 0.2) is 12.4 Å². The highest BCUT2D eigenvalue weighted by Gasteiger charge is 2.19. The zero-order chi connectivity index (χ0) is 28.9. The van der Waals surface area contributed by atoms with Crippen LogP contribution >= 0.6 is 0 Å². The molecule has 2 unspecified atom stereocenters. The Morgan fingerprint density at radius 1 is 0.475 bits per heavy atom. The zero-order valence-corrected chi connectivity index (χ0v) is 28.2. The molecule has 1 heterocycles. The Morgan fingerprint density at radius 3 is 1.18 bits per heavy atom. The van der Waals surface area contributed by atoms with Gasteiger partial charge in [-0.15, -0.1) is 0 Å². The largest absolute Gasteiger partial charge is 0.332 e. The van der Waals surface area contributed by atoms with Crippen LogP contribution in [0.25, 0.3) is 0 Å². The summed E-state index contributed by atoms with van der Waals surface area (Å²) in [5, 5.41) is 0. The van der Waals surface area contributed by atoms with Crippen LogP contribution in [0, 0.1) is 0 Å². The summed E-state index contributed by atoms with van der Waals surface area (Å²) in [5.74, 6) is 2.05. The molecule has 0 aliphatic carbocycles. The molecular formula is C38H74N2. The Morgan fingerprint density at radius 2 is 0.825 bits per heavy atom. The third-order valence-corrected chi connectivity index (χ3v) is 9.31. The Hall–Kier alpha value is -0.790. The minimum atomic E-state index is 0.582. The molecule has 0 saturated heterocycles. The highest BCUT2D eigenvalue weighted by atomic mass is 15.1. The van der Waals surface area contributed by atoms with Crippen LogP contribution in [-0.2, 0) is 0 Å². The molecule has 2 nitrogen and oxygen atoms in total. The number of imidazole rings is 1. The molecule has 1 aromatic heterocycles. The Balaban J connectivity index is 2.25. The van der Waals surface area contributed by atoms with Gasteiger partial charge in [0.2, 0.25) is 0 Å². The van der Waals surface area contributed by atoms with E-state index in [0.29, 0.717) is 12.0 Å². The molecule has 0 spiro atoms. The predicted octanol–water partition coefficient (Wildman–Crippen LogP) is 13.9. The van der Waals surface area contributed by atoms with Gasteiger partial charge in [-0.05, 0) is 26.2 Å². The number of rotatable bonds is 31. The molecule has 0 aliphatic rings. The highest BCUT2D eigenvalue weighted by molar-refractivity contribution is 5.02. The first-order valence-electron chi connectivity index (χ1n) is 18.8. The summed E-state index contributed by atoms with van der Waals surface area (Å²) in [6.07, 6.45) is 45.4. The van der Waals surface area contributed by atoms with Crippen LogP contribution in [0.1, 0.15) is 232 Å². The van der Waals surface area contributed by atoms with E-state index in [1.807, 2.05) is 0 Å². The van der Waals surface area contributed by atoms with Gasteiger partial charge in [-0.25, -0.2) is 4.98 Å². The van der Waals surface area contributed by atoms with Crippen LogP contribution in [0.3, 0.4) is 0 Å².